The van der Waals surface area contributed by atoms with Gasteiger partial charge in [0.05, 0.1) is 22.7 Å². The van der Waals surface area contributed by atoms with Crippen molar-refractivity contribution in [2.24, 2.45) is 0 Å². The van der Waals surface area contributed by atoms with E-state index in [0.717, 1.165) is 37.0 Å². The Hall–Kier alpha value is -2.06. The second kappa shape index (κ2) is 6.59. The molecule has 21 heavy (non-hydrogen) atoms. The zero-order valence-corrected chi connectivity index (χ0v) is 13.0. The van der Waals surface area contributed by atoms with Crippen LogP contribution in [0.3, 0.4) is 0 Å². The molecule has 1 heterocycles. The summed E-state index contributed by atoms with van der Waals surface area (Å²) in [6, 6.07) is 8.22. The van der Waals surface area contributed by atoms with E-state index in [2.05, 4.69) is 36.8 Å². The lowest BCUT2D eigenvalue weighted by atomic mass is 10.2. The molecule has 0 aliphatic rings. The highest BCUT2D eigenvalue weighted by atomic mass is 15.2. The van der Waals surface area contributed by atoms with E-state index >= 15 is 0 Å². The van der Waals surface area contributed by atoms with Gasteiger partial charge < -0.3 is 15.2 Å². The Balaban J connectivity index is 2.05. The standard InChI is InChI=1S/C16H23N5/c1-12(2)20(3)8-4-5-9-21-15-10-13(11-17)6-7-14(15)19-16(21)18/h6-7,10,12H,4-5,8-9H2,1-3H3,(H2,18,19). The SMILES string of the molecule is CC(C)N(C)CCCCn1c(N)nc2ccc(C#N)cc21. The van der Waals surface area contributed by atoms with Gasteiger partial charge in [0.25, 0.3) is 0 Å². The third-order valence-corrected chi connectivity index (χ3v) is 3.93. The van der Waals surface area contributed by atoms with Crippen LogP contribution in [0.15, 0.2) is 18.2 Å². The van der Waals surface area contributed by atoms with Crippen LogP contribution < -0.4 is 5.73 Å². The number of benzene rings is 1. The van der Waals surface area contributed by atoms with Crippen molar-refractivity contribution in [2.45, 2.75) is 39.3 Å². The average molecular weight is 285 g/mol. The fourth-order valence-corrected chi connectivity index (χ4v) is 2.34. The van der Waals surface area contributed by atoms with E-state index in [0.29, 0.717) is 17.6 Å². The fraction of sp³-hybridized carbons (Fsp3) is 0.500. The van der Waals surface area contributed by atoms with E-state index in [9.17, 15) is 0 Å². The molecule has 2 aromatic rings. The first-order valence-electron chi connectivity index (χ1n) is 7.39. The van der Waals surface area contributed by atoms with Gasteiger partial charge in [-0.25, -0.2) is 4.98 Å². The number of hydrogen-bond acceptors (Lipinski definition) is 4. The van der Waals surface area contributed by atoms with Crippen LogP contribution in [-0.2, 0) is 6.54 Å². The predicted molar refractivity (Wildman–Crippen MR) is 85.9 cm³/mol. The molecule has 0 radical (unpaired) electrons. The van der Waals surface area contributed by atoms with Crippen LogP contribution in [0.1, 0.15) is 32.3 Å². The van der Waals surface area contributed by atoms with Gasteiger partial charge in [0.2, 0.25) is 5.95 Å². The molecule has 0 fully saturated rings. The minimum absolute atomic E-state index is 0.525. The maximum Gasteiger partial charge on any atom is 0.201 e. The van der Waals surface area contributed by atoms with Crippen molar-refractivity contribution in [2.75, 3.05) is 19.3 Å². The quantitative estimate of drug-likeness (QED) is 0.828. The van der Waals surface area contributed by atoms with Gasteiger partial charge in [-0.2, -0.15) is 5.26 Å². The van der Waals surface area contributed by atoms with Gasteiger partial charge in [0, 0.05) is 12.6 Å². The second-order valence-corrected chi connectivity index (χ2v) is 5.72. The first-order chi connectivity index (χ1) is 10.0. The number of hydrogen-bond donors (Lipinski definition) is 1. The van der Waals surface area contributed by atoms with E-state index in [1.165, 1.54) is 0 Å². The molecule has 0 saturated carbocycles. The lowest BCUT2D eigenvalue weighted by molar-refractivity contribution is 0.266. The number of aryl methyl sites for hydroxylation is 1. The summed E-state index contributed by atoms with van der Waals surface area (Å²) in [5, 5.41) is 9.01. The zero-order valence-electron chi connectivity index (χ0n) is 13.0. The Bertz CT molecular complexity index is 650. The van der Waals surface area contributed by atoms with Gasteiger partial charge >= 0.3 is 0 Å². The third-order valence-electron chi connectivity index (χ3n) is 3.93. The van der Waals surface area contributed by atoms with Crippen molar-refractivity contribution in [3.05, 3.63) is 23.8 Å². The molecule has 0 bridgehead atoms. The molecular weight excluding hydrogens is 262 g/mol. The minimum atomic E-state index is 0.525. The smallest absolute Gasteiger partial charge is 0.201 e. The van der Waals surface area contributed by atoms with E-state index in [4.69, 9.17) is 11.0 Å². The van der Waals surface area contributed by atoms with Gasteiger partial charge in [-0.3, -0.25) is 0 Å². The van der Waals surface area contributed by atoms with Gasteiger partial charge in [-0.15, -0.1) is 0 Å². The van der Waals surface area contributed by atoms with Crippen molar-refractivity contribution >= 4 is 17.0 Å². The van der Waals surface area contributed by atoms with Gasteiger partial charge in [-0.05, 0) is 58.5 Å². The van der Waals surface area contributed by atoms with Gasteiger partial charge in [-0.1, -0.05) is 0 Å². The highest BCUT2D eigenvalue weighted by Gasteiger charge is 2.09. The Labute approximate surface area is 126 Å². The summed E-state index contributed by atoms with van der Waals surface area (Å²) in [5.41, 5.74) is 8.44. The largest absolute Gasteiger partial charge is 0.369 e. The lowest BCUT2D eigenvalue weighted by Gasteiger charge is -2.20. The number of fused-ring (bicyclic) bond motifs is 1. The highest BCUT2D eigenvalue weighted by Crippen LogP contribution is 2.20. The van der Waals surface area contributed by atoms with Gasteiger partial charge in [0.1, 0.15) is 0 Å². The van der Waals surface area contributed by atoms with Crippen LogP contribution >= 0.6 is 0 Å². The molecule has 5 heteroatoms. The average Bonchev–Trinajstić information content (AvgIpc) is 2.78. The zero-order chi connectivity index (χ0) is 15.4. The molecule has 0 spiro atoms. The summed E-state index contributed by atoms with van der Waals surface area (Å²) in [6.07, 6.45) is 2.16. The molecule has 1 aromatic carbocycles. The van der Waals surface area contributed by atoms with E-state index < -0.39 is 0 Å². The molecule has 2 rings (SSSR count). The molecule has 2 N–H and O–H groups in total. The van der Waals surface area contributed by atoms with Gasteiger partial charge in [0.15, 0.2) is 0 Å². The summed E-state index contributed by atoms with van der Waals surface area (Å²) in [4.78, 5) is 6.69. The fourth-order valence-electron chi connectivity index (χ4n) is 2.34. The molecule has 5 nitrogen and oxygen atoms in total. The molecule has 0 saturated heterocycles. The number of nitriles is 1. The maximum absolute atomic E-state index is 9.01. The summed E-state index contributed by atoms with van der Waals surface area (Å²) in [6.45, 7) is 6.31. The number of nitrogen functional groups attached to an aromatic ring is 1. The van der Waals surface area contributed by atoms with Crippen molar-refractivity contribution in [1.29, 1.82) is 5.26 Å². The van der Waals surface area contributed by atoms with E-state index in [1.807, 2.05) is 16.7 Å². The number of rotatable bonds is 6. The molecule has 0 aliphatic heterocycles. The minimum Gasteiger partial charge on any atom is -0.369 e. The number of nitrogens with zero attached hydrogens (tertiary/aromatic N) is 4. The molecule has 0 amide bonds. The highest BCUT2D eigenvalue weighted by molar-refractivity contribution is 5.79. The number of anilines is 1. The monoisotopic (exact) mass is 285 g/mol. The van der Waals surface area contributed by atoms with Crippen molar-refractivity contribution in [1.82, 2.24) is 14.5 Å². The summed E-state index contributed by atoms with van der Waals surface area (Å²) < 4.78 is 2.01. The van der Waals surface area contributed by atoms with E-state index in [1.54, 1.807) is 6.07 Å². The normalized spacial score (nSPS) is 11.4. The predicted octanol–water partition coefficient (Wildman–Crippen LogP) is 2.61. The number of aromatic nitrogens is 2. The first kappa shape index (κ1) is 15.3. The Morgan fingerprint density at radius 3 is 2.81 bits per heavy atom. The van der Waals surface area contributed by atoms with Crippen molar-refractivity contribution in [3.8, 4) is 6.07 Å². The number of nitrogens with two attached hydrogens (primary N) is 1. The Morgan fingerprint density at radius 1 is 1.38 bits per heavy atom. The lowest BCUT2D eigenvalue weighted by Crippen LogP contribution is -2.27. The molecule has 112 valence electrons. The molecule has 1 aromatic heterocycles. The molecule has 0 aliphatic carbocycles. The van der Waals surface area contributed by atoms with Crippen molar-refractivity contribution in [3.63, 3.8) is 0 Å². The van der Waals surface area contributed by atoms with Crippen molar-refractivity contribution < 1.29 is 0 Å². The van der Waals surface area contributed by atoms with Crippen LogP contribution in [0, 0.1) is 11.3 Å². The van der Waals surface area contributed by atoms with Crippen LogP contribution in [0.4, 0.5) is 5.95 Å². The Kier molecular flexibility index (Phi) is 4.81. The number of imidazole rings is 1. The van der Waals surface area contributed by atoms with Crippen LogP contribution in [0.25, 0.3) is 11.0 Å². The third kappa shape index (κ3) is 3.53. The molecule has 0 atom stereocenters. The van der Waals surface area contributed by atoms with E-state index in [-0.39, 0.29) is 0 Å². The topological polar surface area (TPSA) is 70.9 Å². The summed E-state index contributed by atoms with van der Waals surface area (Å²) in [5.74, 6) is 0.525. The molecular formula is C16H23N5. The van der Waals surface area contributed by atoms with Crippen LogP contribution in [0.5, 0.6) is 0 Å². The maximum atomic E-state index is 9.01. The summed E-state index contributed by atoms with van der Waals surface area (Å²) >= 11 is 0. The number of unbranched alkanes of at least 4 members (excludes halogenated alkanes) is 1. The molecule has 0 unspecified atom stereocenters. The van der Waals surface area contributed by atoms with Crippen LogP contribution in [0.2, 0.25) is 0 Å². The summed E-state index contributed by atoms with van der Waals surface area (Å²) in [7, 11) is 2.14. The van der Waals surface area contributed by atoms with Crippen LogP contribution in [-0.4, -0.2) is 34.1 Å². The first-order valence-corrected chi connectivity index (χ1v) is 7.39. The second-order valence-electron chi connectivity index (χ2n) is 5.72. The Morgan fingerprint density at radius 2 is 2.14 bits per heavy atom.